The molecule has 2 aliphatic heterocycles. The van der Waals surface area contributed by atoms with Gasteiger partial charge in [-0.3, -0.25) is 0 Å². The molecule has 13 rings (SSSR count). The fourth-order valence-corrected chi connectivity index (χ4v) is 12.3. The Labute approximate surface area is 468 Å². The molecule has 0 atom stereocenters. The van der Waals surface area contributed by atoms with Crippen LogP contribution in [-0.4, -0.2) is 6.71 Å². The molecule has 0 spiro atoms. The first-order valence-corrected chi connectivity index (χ1v) is 28.3. The molecule has 4 nitrogen and oxygen atoms in total. The summed E-state index contributed by atoms with van der Waals surface area (Å²) in [7, 11) is 0. The smallest absolute Gasteiger partial charge is 0.252 e. The predicted molar refractivity (Wildman–Crippen MR) is 340 cm³/mol. The zero-order valence-corrected chi connectivity index (χ0v) is 48.0. The molecule has 0 radical (unpaired) electrons. The first-order chi connectivity index (χ1) is 37.7. The van der Waals surface area contributed by atoms with Gasteiger partial charge >= 0.3 is 0 Å². The zero-order valence-electron chi connectivity index (χ0n) is 48.0. The molecule has 11 aromatic rings. The fourth-order valence-electron chi connectivity index (χ4n) is 12.3. The van der Waals surface area contributed by atoms with Gasteiger partial charge in [0.05, 0.1) is 11.4 Å². The molecule has 3 heterocycles. The Kier molecular flexibility index (Phi) is 11.5. The van der Waals surface area contributed by atoms with Crippen molar-refractivity contribution < 1.29 is 4.42 Å². The Balaban J connectivity index is 1.12. The molecule has 2 aliphatic rings. The lowest BCUT2D eigenvalue weighted by atomic mass is 9.33. The monoisotopic (exact) mass is 1030 g/mol. The van der Waals surface area contributed by atoms with E-state index in [4.69, 9.17) is 4.42 Å². The lowest BCUT2D eigenvalue weighted by Gasteiger charge is -2.45. The van der Waals surface area contributed by atoms with Crippen LogP contribution in [0.1, 0.15) is 105 Å². The molecule has 1 aromatic heterocycles. The Bertz CT molecular complexity index is 4010. The van der Waals surface area contributed by atoms with Crippen molar-refractivity contribution >= 4 is 107 Å². The van der Waals surface area contributed by atoms with E-state index in [0.717, 1.165) is 61.5 Å². The number of benzene rings is 10. The van der Waals surface area contributed by atoms with Crippen molar-refractivity contribution in [2.45, 2.75) is 105 Å². The maximum absolute atomic E-state index is 6.39. The van der Waals surface area contributed by atoms with E-state index in [0.29, 0.717) is 0 Å². The van der Waals surface area contributed by atoms with Gasteiger partial charge in [-0.15, -0.1) is 0 Å². The molecule has 0 fully saturated rings. The quantitative estimate of drug-likeness (QED) is 0.155. The number of fused-ring (bicyclic) bond motifs is 7. The summed E-state index contributed by atoms with van der Waals surface area (Å²) in [5.41, 5.74) is 21.3. The van der Waals surface area contributed by atoms with Crippen molar-refractivity contribution in [3.05, 3.63) is 229 Å². The molecule has 0 saturated heterocycles. The number of hydrogen-bond donors (Lipinski definition) is 0. The highest BCUT2D eigenvalue weighted by Gasteiger charge is 2.45. The molecular weight excluding hydrogens is 958 g/mol. The lowest BCUT2D eigenvalue weighted by Crippen LogP contribution is -2.61. The highest BCUT2D eigenvalue weighted by atomic mass is 16.3. The van der Waals surface area contributed by atoms with Crippen molar-refractivity contribution in [1.82, 2.24) is 0 Å². The maximum Gasteiger partial charge on any atom is 0.252 e. The van der Waals surface area contributed by atoms with Gasteiger partial charge in [0, 0.05) is 56.1 Å². The zero-order chi connectivity index (χ0) is 54.9. The van der Waals surface area contributed by atoms with Gasteiger partial charge in [0.15, 0.2) is 0 Å². The summed E-state index contributed by atoms with van der Waals surface area (Å²) < 4.78 is 6.39. The first kappa shape index (κ1) is 50.2. The fraction of sp³-hybridized carbons (Fsp3) is 0.216. The van der Waals surface area contributed by atoms with Crippen LogP contribution in [0.25, 0.3) is 43.8 Å². The molecule has 0 N–H and O–H groups in total. The average Bonchev–Trinajstić information content (AvgIpc) is 4.03. The summed E-state index contributed by atoms with van der Waals surface area (Å²) in [6.07, 6.45) is 0. The highest BCUT2D eigenvalue weighted by Crippen LogP contribution is 2.50. The van der Waals surface area contributed by atoms with Gasteiger partial charge in [-0.25, -0.2) is 0 Å². The van der Waals surface area contributed by atoms with Crippen molar-refractivity contribution in [2.75, 3.05) is 14.7 Å². The second kappa shape index (κ2) is 18.1. The van der Waals surface area contributed by atoms with E-state index in [9.17, 15) is 0 Å². The highest BCUT2D eigenvalue weighted by molar-refractivity contribution is 7.00. The minimum absolute atomic E-state index is 0.00452. The second-order valence-electron chi connectivity index (χ2n) is 26.4. The number of rotatable bonds is 6. The average molecular weight is 1030 g/mol. The van der Waals surface area contributed by atoms with Crippen LogP contribution in [0.15, 0.2) is 211 Å². The largest absolute Gasteiger partial charge is 0.456 e. The second-order valence-corrected chi connectivity index (χ2v) is 26.4. The normalized spacial score (nSPS) is 13.5. The minimum atomic E-state index is -0.0689. The van der Waals surface area contributed by atoms with Crippen LogP contribution in [0.5, 0.6) is 0 Å². The molecule has 0 saturated carbocycles. The van der Waals surface area contributed by atoms with E-state index in [1.165, 1.54) is 72.2 Å². The molecule has 5 heteroatoms. The van der Waals surface area contributed by atoms with Crippen molar-refractivity contribution in [3.8, 4) is 11.3 Å². The number of nitrogens with zero attached hydrogens (tertiary/aromatic N) is 3. The Morgan fingerprint density at radius 3 is 1.42 bits per heavy atom. The maximum atomic E-state index is 6.39. The van der Waals surface area contributed by atoms with E-state index < -0.39 is 0 Å². The van der Waals surface area contributed by atoms with Gasteiger partial charge in [0.1, 0.15) is 11.3 Å². The van der Waals surface area contributed by atoms with E-state index in [1.807, 2.05) is 12.1 Å². The third-order valence-electron chi connectivity index (χ3n) is 16.8. The molecule has 10 aromatic carbocycles. The van der Waals surface area contributed by atoms with E-state index in [-0.39, 0.29) is 28.4 Å². The molecule has 79 heavy (non-hydrogen) atoms. The van der Waals surface area contributed by atoms with Gasteiger partial charge in [0.2, 0.25) is 0 Å². The first-order valence-electron chi connectivity index (χ1n) is 28.3. The van der Waals surface area contributed by atoms with Crippen LogP contribution in [-0.2, 0) is 21.7 Å². The molecule has 0 amide bonds. The van der Waals surface area contributed by atoms with Gasteiger partial charge < -0.3 is 19.1 Å². The predicted octanol–water partition coefficient (Wildman–Crippen LogP) is 19.1. The van der Waals surface area contributed by atoms with Crippen LogP contribution in [0.3, 0.4) is 0 Å². The Morgan fingerprint density at radius 2 is 0.861 bits per heavy atom. The van der Waals surface area contributed by atoms with Gasteiger partial charge in [-0.2, -0.15) is 0 Å². The number of furan rings is 1. The number of anilines is 9. The summed E-state index contributed by atoms with van der Waals surface area (Å²) in [6, 6.07) is 78.0. The molecular formula is C74H70BN3O. The van der Waals surface area contributed by atoms with Crippen molar-refractivity contribution in [3.63, 3.8) is 0 Å². The van der Waals surface area contributed by atoms with Crippen LogP contribution in [0.2, 0.25) is 0 Å². The molecule has 0 unspecified atom stereocenters. The van der Waals surface area contributed by atoms with Crippen molar-refractivity contribution in [2.24, 2.45) is 0 Å². The summed E-state index contributed by atoms with van der Waals surface area (Å²) in [5, 5.41) is 5.77. The minimum Gasteiger partial charge on any atom is -0.456 e. The molecule has 390 valence electrons. The van der Waals surface area contributed by atoms with Gasteiger partial charge in [-0.05, 0) is 161 Å². The van der Waals surface area contributed by atoms with E-state index in [2.05, 4.69) is 292 Å². The standard InChI is InChI=1S/C74H70BN3O/c1-71(2,3)52-27-34-56(35-28-52)77-64-38-31-54(73(7,8)9)43-61(64)75-62-44-55(74(10,11)12)32-39-65(62)78(57-36-29-53(30-37-57)72(4,5)6)67-46-59(45-66(77)70(67)75)76(63-22-17-20-47-18-13-15-21-60(47)63)58-33-26-48-40-51(25-24-49(48)41-58)69-42-50-19-14-16-23-68(50)79-69/h13-46H,1-12H3. The van der Waals surface area contributed by atoms with E-state index >= 15 is 0 Å². The van der Waals surface area contributed by atoms with Gasteiger partial charge in [-0.1, -0.05) is 204 Å². The van der Waals surface area contributed by atoms with Crippen molar-refractivity contribution in [1.29, 1.82) is 0 Å². The SMILES string of the molecule is CC(C)(C)c1ccc(N2c3ccc(C(C)(C)C)cc3B3c4cc(C(C)(C)C)ccc4N(c4ccc(C(C)(C)C)cc4)c4cc(N(c5ccc6cc(-c7cc8ccccc8o7)ccc6c5)c5cccc6ccccc56)cc2c43)cc1. The Hall–Kier alpha value is -8.28. The summed E-state index contributed by atoms with van der Waals surface area (Å²) in [5.74, 6) is 0.869. The third-order valence-corrected chi connectivity index (χ3v) is 16.8. The summed E-state index contributed by atoms with van der Waals surface area (Å²) in [6.45, 7) is 27.8. The van der Waals surface area contributed by atoms with Crippen LogP contribution in [0.4, 0.5) is 51.2 Å². The number of para-hydroxylation sites is 1. The van der Waals surface area contributed by atoms with Crippen LogP contribution in [0, 0.1) is 0 Å². The molecule has 0 bridgehead atoms. The van der Waals surface area contributed by atoms with E-state index in [1.54, 1.807) is 0 Å². The van der Waals surface area contributed by atoms with Gasteiger partial charge in [0.25, 0.3) is 6.71 Å². The van der Waals surface area contributed by atoms with Crippen LogP contribution < -0.4 is 31.1 Å². The third kappa shape index (κ3) is 8.70. The topological polar surface area (TPSA) is 22.9 Å². The van der Waals surface area contributed by atoms with Crippen LogP contribution >= 0.6 is 0 Å². The summed E-state index contributed by atoms with van der Waals surface area (Å²) >= 11 is 0. The number of hydrogen-bond acceptors (Lipinski definition) is 4. The summed E-state index contributed by atoms with van der Waals surface area (Å²) in [4.78, 5) is 7.67. The lowest BCUT2D eigenvalue weighted by molar-refractivity contribution is 0.590. The Morgan fingerprint density at radius 1 is 0.367 bits per heavy atom. The molecule has 0 aliphatic carbocycles.